The summed E-state index contributed by atoms with van der Waals surface area (Å²) in [7, 11) is 0. The van der Waals surface area contributed by atoms with E-state index < -0.39 is 0 Å². The molecule has 1 aliphatic carbocycles. The van der Waals surface area contributed by atoms with Crippen LogP contribution in [0.5, 0.6) is 0 Å². The molecule has 0 bridgehead atoms. The van der Waals surface area contributed by atoms with Crippen molar-refractivity contribution in [3.05, 3.63) is 102 Å². The molecular weight excluding hydrogens is 440 g/mol. The smallest absolute Gasteiger partial charge is 0.156 e. The van der Waals surface area contributed by atoms with Crippen molar-refractivity contribution < 1.29 is 0 Å². The molecule has 7 rings (SSSR count). The SMILES string of the molecule is CCc1ncc(-n2c3ccccc3c3ccc4c5c(n(-c6ccccc6)c4c32)CCC=C5)nc1CC. The number of rotatable bonds is 4. The molecule has 4 heteroatoms. The van der Waals surface area contributed by atoms with Gasteiger partial charge in [0.2, 0.25) is 0 Å². The lowest BCUT2D eigenvalue weighted by atomic mass is 10.0. The maximum atomic E-state index is 5.17. The Morgan fingerprint density at radius 3 is 2.33 bits per heavy atom. The van der Waals surface area contributed by atoms with Gasteiger partial charge in [0.15, 0.2) is 5.82 Å². The van der Waals surface area contributed by atoms with E-state index in [1.54, 1.807) is 0 Å². The summed E-state index contributed by atoms with van der Waals surface area (Å²) in [6, 6.07) is 24.1. The molecule has 0 radical (unpaired) electrons. The van der Waals surface area contributed by atoms with Gasteiger partial charge in [-0.2, -0.15) is 0 Å². The number of hydrogen-bond acceptors (Lipinski definition) is 2. The Balaban J connectivity index is 1.70. The zero-order valence-electron chi connectivity index (χ0n) is 20.7. The van der Waals surface area contributed by atoms with Gasteiger partial charge in [0.25, 0.3) is 0 Å². The van der Waals surface area contributed by atoms with Crippen molar-refractivity contribution >= 4 is 38.8 Å². The first-order valence-corrected chi connectivity index (χ1v) is 13.0. The number of allylic oxidation sites excluding steroid dienone is 1. The number of aryl methyl sites for hydroxylation is 2. The Kier molecular flexibility index (Phi) is 4.81. The van der Waals surface area contributed by atoms with E-state index in [1.165, 1.54) is 44.1 Å². The van der Waals surface area contributed by atoms with E-state index in [-0.39, 0.29) is 0 Å². The van der Waals surface area contributed by atoms with Crippen LogP contribution in [0.3, 0.4) is 0 Å². The van der Waals surface area contributed by atoms with E-state index in [9.17, 15) is 0 Å². The quantitative estimate of drug-likeness (QED) is 0.267. The normalized spacial score (nSPS) is 13.2. The van der Waals surface area contributed by atoms with Crippen LogP contribution in [0.15, 0.2) is 79.0 Å². The summed E-state index contributed by atoms with van der Waals surface area (Å²) in [4.78, 5) is 10.0. The summed E-state index contributed by atoms with van der Waals surface area (Å²) >= 11 is 0. The van der Waals surface area contributed by atoms with Crippen LogP contribution < -0.4 is 0 Å². The van der Waals surface area contributed by atoms with Crippen molar-refractivity contribution in [2.75, 3.05) is 0 Å². The molecular formula is C32H28N4. The van der Waals surface area contributed by atoms with Gasteiger partial charge in [-0.25, -0.2) is 4.98 Å². The van der Waals surface area contributed by atoms with Gasteiger partial charge in [0, 0.05) is 33.1 Å². The van der Waals surface area contributed by atoms with Crippen molar-refractivity contribution in [3.8, 4) is 11.5 Å². The van der Waals surface area contributed by atoms with Crippen LogP contribution in [-0.4, -0.2) is 19.1 Å². The lowest BCUT2D eigenvalue weighted by molar-refractivity contribution is 0.876. The molecule has 0 aliphatic heterocycles. The molecule has 1 aliphatic rings. The molecule has 0 N–H and O–H groups in total. The maximum absolute atomic E-state index is 5.17. The third-order valence-corrected chi connectivity index (χ3v) is 7.57. The maximum Gasteiger partial charge on any atom is 0.156 e. The molecule has 36 heavy (non-hydrogen) atoms. The highest BCUT2D eigenvalue weighted by atomic mass is 15.1. The molecule has 0 saturated heterocycles. The second kappa shape index (κ2) is 8.20. The van der Waals surface area contributed by atoms with Gasteiger partial charge >= 0.3 is 0 Å². The zero-order chi connectivity index (χ0) is 24.2. The molecule has 3 aromatic heterocycles. The summed E-state index contributed by atoms with van der Waals surface area (Å²) in [5.41, 5.74) is 9.67. The largest absolute Gasteiger partial charge is 0.311 e. The van der Waals surface area contributed by atoms with Crippen molar-refractivity contribution in [3.63, 3.8) is 0 Å². The van der Waals surface area contributed by atoms with E-state index in [1.807, 2.05) is 6.20 Å². The van der Waals surface area contributed by atoms with Gasteiger partial charge in [0.05, 0.1) is 34.1 Å². The highest BCUT2D eigenvalue weighted by Gasteiger charge is 2.24. The minimum Gasteiger partial charge on any atom is -0.311 e. The predicted molar refractivity (Wildman–Crippen MR) is 149 cm³/mol. The van der Waals surface area contributed by atoms with Crippen LogP contribution in [0, 0.1) is 0 Å². The highest BCUT2D eigenvalue weighted by molar-refractivity contribution is 6.19. The topological polar surface area (TPSA) is 35.6 Å². The molecule has 0 saturated carbocycles. The van der Waals surface area contributed by atoms with Crippen LogP contribution in [0.2, 0.25) is 0 Å². The fraction of sp³-hybridized carbons (Fsp3) is 0.188. The van der Waals surface area contributed by atoms with Crippen LogP contribution in [0.4, 0.5) is 0 Å². The summed E-state index contributed by atoms with van der Waals surface area (Å²) in [5, 5.41) is 3.77. The first kappa shape index (κ1) is 21.1. The van der Waals surface area contributed by atoms with Gasteiger partial charge in [-0.3, -0.25) is 9.55 Å². The molecule has 3 aromatic carbocycles. The fourth-order valence-electron chi connectivity index (χ4n) is 5.98. The zero-order valence-corrected chi connectivity index (χ0v) is 20.7. The molecule has 0 fully saturated rings. The Labute approximate surface area is 210 Å². The third kappa shape index (κ3) is 2.94. The van der Waals surface area contributed by atoms with Crippen molar-refractivity contribution in [1.82, 2.24) is 19.1 Å². The summed E-state index contributed by atoms with van der Waals surface area (Å²) < 4.78 is 4.83. The first-order valence-electron chi connectivity index (χ1n) is 13.0. The predicted octanol–water partition coefficient (Wildman–Crippen LogP) is 7.60. The van der Waals surface area contributed by atoms with E-state index in [0.717, 1.165) is 48.4 Å². The van der Waals surface area contributed by atoms with Crippen LogP contribution in [0.1, 0.15) is 42.9 Å². The molecule has 0 spiro atoms. The van der Waals surface area contributed by atoms with Crippen LogP contribution >= 0.6 is 0 Å². The molecule has 0 amide bonds. The monoisotopic (exact) mass is 468 g/mol. The number of hydrogen-bond donors (Lipinski definition) is 0. The second-order valence-corrected chi connectivity index (χ2v) is 9.51. The Hall–Kier alpha value is -4.18. The van der Waals surface area contributed by atoms with E-state index in [0.29, 0.717) is 0 Å². The number of aromatic nitrogens is 4. The summed E-state index contributed by atoms with van der Waals surface area (Å²) in [6.07, 6.45) is 10.4. The van der Waals surface area contributed by atoms with Gasteiger partial charge in [-0.15, -0.1) is 0 Å². The van der Waals surface area contributed by atoms with Crippen LogP contribution in [-0.2, 0) is 19.3 Å². The number of para-hydroxylation sites is 2. The average Bonchev–Trinajstić information content (AvgIpc) is 3.46. The Morgan fingerprint density at radius 1 is 0.750 bits per heavy atom. The van der Waals surface area contributed by atoms with E-state index in [2.05, 4.69) is 102 Å². The van der Waals surface area contributed by atoms with Gasteiger partial charge in [-0.05, 0) is 43.9 Å². The molecule has 0 unspecified atom stereocenters. The first-order chi connectivity index (χ1) is 17.8. The third-order valence-electron chi connectivity index (χ3n) is 7.57. The van der Waals surface area contributed by atoms with E-state index in [4.69, 9.17) is 9.97 Å². The molecule has 4 nitrogen and oxygen atoms in total. The van der Waals surface area contributed by atoms with Gasteiger partial charge in [-0.1, -0.05) is 74.5 Å². The number of fused-ring (bicyclic) bond motifs is 7. The lowest BCUT2D eigenvalue weighted by Gasteiger charge is -2.15. The minimum absolute atomic E-state index is 0.871. The van der Waals surface area contributed by atoms with Gasteiger partial charge < -0.3 is 4.57 Å². The number of nitrogens with zero attached hydrogens (tertiary/aromatic N) is 4. The standard InChI is InChI=1S/C32H28N4/c1-3-26-27(4-2)34-30(20-33-26)36-29-17-11-9-15-23(29)25-19-18-24-22-14-8-10-16-28(22)35(31(24)32(25)36)21-12-6-5-7-13-21/h5-9,11-15,17-20H,3-4,10,16H2,1-2H3. The number of benzene rings is 3. The lowest BCUT2D eigenvalue weighted by Crippen LogP contribution is -2.07. The minimum atomic E-state index is 0.871. The molecule has 6 aromatic rings. The Bertz CT molecular complexity index is 1800. The summed E-state index contributed by atoms with van der Waals surface area (Å²) in [5.74, 6) is 0.886. The average molecular weight is 469 g/mol. The second-order valence-electron chi connectivity index (χ2n) is 9.51. The van der Waals surface area contributed by atoms with Gasteiger partial charge in [0.1, 0.15) is 0 Å². The van der Waals surface area contributed by atoms with Crippen molar-refractivity contribution in [2.24, 2.45) is 0 Å². The summed E-state index contributed by atoms with van der Waals surface area (Å²) in [6.45, 7) is 4.32. The molecule has 0 atom stereocenters. The van der Waals surface area contributed by atoms with E-state index >= 15 is 0 Å². The molecule has 176 valence electrons. The van der Waals surface area contributed by atoms with Crippen LogP contribution in [0.25, 0.3) is 50.3 Å². The molecule has 3 heterocycles. The highest BCUT2D eigenvalue weighted by Crippen LogP contribution is 2.41. The Morgan fingerprint density at radius 2 is 1.50 bits per heavy atom. The van der Waals surface area contributed by atoms with Crippen molar-refractivity contribution in [1.29, 1.82) is 0 Å². The fourth-order valence-corrected chi connectivity index (χ4v) is 5.98. The van der Waals surface area contributed by atoms with Crippen molar-refractivity contribution in [2.45, 2.75) is 39.5 Å².